The zero-order chi connectivity index (χ0) is 18.4. The first-order chi connectivity index (χ1) is 12.4. The van der Waals surface area contributed by atoms with Crippen molar-refractivity contribution in [1.82, 2.24) is 10.6 Å². The van der Waals surface area contributed by atoms with Gasteiger partial charge >= 0.3 is 6.18 Å². The number of hydrogen-bond acceptors (Lipinski definition) is 2. The van der Waals surface area contributed by atoms with Crippen molar-refractivity contribution in [1.29, 1.82) is 0 Å². The molecule has 1 aliphatic heterocycles. The van der Waals surface area contributed by atoms with Crippen LogP contribution in [0.4, 0.5) is 13.2 Å². The van der Waals surface area contributed by atoms with Crippen molar-refractivity contribution in [3.8, 4) is 0 Å². The Morgan fingerprint density at radius 1 is 1.07 bits per heavy atom. The number of nitrogens with zero attached hydrogens (tertiary/aromatic N) is 1. The lowest BCUT2D eigenvalue weighted by molar-refractivity contribution is -0.183. The van der Waals surface area contributed by atoms with Crippen LogP contribution >= 0.6 is 24.0 Å². The van der Waals surface area contributed by atoms with Crippen molar-refractivity contribution >= 4 is 29.9 Å². The summed E-state index contributed by atoms with van der Waals surface area (Å²) >= 11 is 0. The van der Waals surface area contributed by atoms with E-state index < -0.39 is 12.1 Å². The molecule has 4 rings (SSSR count). The van der Waals surface area contributed by atoms with E-state index in [0.29, 0.717) is 30.4 Å². The second kappa shape index (κ2) is 8.24. The predicted molar refractivity (Wildman–Crippen MR) is 109 cm³/mol. The van der Waals surface area contributed by atoms with Crippen molar-refractivity contribution in [2.75, 3.05) is 13.7 Å². The van der Waals surface area contributed by atoms with Gasteiger partial charge in [-0.3, -0.25) is 4.99 Å². The molecule has 1 spiro atoms. The summed E-state index contributed by atoms with van der Waals surface area (Å²) < 4.78 is 45.2. The molecular weight excluding hydrogens is 470 g/mol. The maximum atomic E-state index is 13.1. The number of aliphatic imine (C=N–C) groups is 1. The van der Waals surface area contributed by atoms with E-state index in [0.717, 1.165) is 19.4 Å². The van der Waals surface area contributed by atoms with Crippen LogP contribution in [0, 0.1) is 17.3 Å². The van der Waals surface area contributed by atoms with E-state index in [9.17, 15) is 13.2 Å². The van der Waals surface area contributed by atoms with Crippen molar-refractivity contribution in [2.45, 2.75) is 82.2 Å². The molecule has 0 radical (unpaired) electrons. The standard InChI is InChI=1S/C19H30F3N3O.HI/c1-23-17(24-13-6-4-5-12(11-13)19(20,21)22)25-15-14-7-10-26-16(14)18(15)8-2-3-9-18;/h12-16H,2-11H2,1H3,(H2,23,24,25);1H. The lowest BCUT2D eigenvalue weighted by atomic mass is 9.54. The molecule has 0 aromatic heterocycles. The van der Waals surface area contributed by atoms with Crippen molar-refractivity contribution in [2.24, 2.45) is 22.2 Å². The molecule has 5 atom stereocenters. The highest BCUT2D eigenvalue weighted by Crippen LogP contribution is 2.60. The molecule has 156 valence electrons. The smallest absolute Gasteiger partial charge is 0.377 e. The molecule has 4 aliphatic rings. The zero-order valence-electron chi connectivity index (χ0n) is 15.9. The molecule has 2 N–H and O–H groups in total. The molecule has 27 heavy (non-hydrogen) atoms. The molecule has 0 amide bonds. The van der Waals surface area contributed by atoms with E-state index in [1.807, 2.05) is 0 Å². The van der Waals surface area contributed by atoms with E-state index in [2.05, 4.69) is 15.6 Å². The van der Waals surface area contributed by atoms with Gasteiger partial charge in [-0.15, -0.1) is 24.0 Å². The maximum absolute atomic E-state index is 13.1. The van der Waals surface area contributed by atoms with E-state index in [4.69, 9.17) is 4.74 Å². The Kier molecular flexibility index (Phi) is 6.55. The van der Waals surface area contributed by atoms with E-state index in [-0.39, 0.29) is 48.3 Å². The lowest BCUT2D eigenvalue weighted by Crippen LogP contribution is -2.69. The SMILES string of the molecule is CN=C(NC1CCCC(C(F)(F)F)C1)NC1C2CCOC2C12CCCC2.I. The maximum Gasteiger partial charge on any atom is 0.391 e. The number of hydrogen-bond donors (Lipinski definition) is 2. The van der Waals surface area contributed by atoms with Gasteiger partial charge in [-0.05, 0) is 38.5 Å². The van der Waals surface area contributed by atoms with Crippen LogP contribution in [0.15, 0.2) is 4.99 Å². The molecule has 5 unspecified atom stereocenters. The van der Waals surface area contributed by atoms with E-state index >= 15 is 0 Å². The monoisotopic (exact) mass is 501 g/mol. The van der Waals surface area contributed by atoms with Gasteiger partial charge in [-0.25, -0.2) is 0 Å². The predicted octanol–water partition coefficient (Wildman–Crippen LogP) is 4.24. The van der Waals surface area contributed by atoms with Crippen LogP contribution in [0.5, 0.6) is 0 Å². The Labute approximate surface area is 176 Å². The second-order valence-electron chi connectivity index (χ2n) is 8.62. The summed E-state index contributed by atoms with van der Waals surface area (Å²) in [6.45, 7) is 0.831. The molecular formula is C19H31F3IN3O. The Morgan fingerprint density at radius 2 is 1.81 bits per heavy atom. The van der Waals surface area contributed by atoms with Crippen LogP contribution in [-0.2, 0) is 4.74 Å². The molecule has 0 bridgehead atoms. The fourth-order valence-electron chi connectivity index (χ4n) is 6.03. The van der Waals surface area contributed by atoms with Crippen LogP contribution in [0.25, 0.3) is 0 Å². The van der Waals surface area contributed by atoms with Gasteiger partial charge in [0.05, 0.1) is 12.0 Å². The molecule has 3 saturated carbocycles. The average Bonchev–Trinajstić information content (AvgIpc) is 3.26. The van der Waals surface area contributed by atoms with Crippen molar-refractivity contribution in [3.05, 3.63) is 0 Å². The molecule has 1 saturated heterocycles. The largest absolute Gasteiger partial charge is 0.391 e. The quantitative estimate of drug-likeness (QED) is 0.338. The van der Waals surface area contributed by atoms with Gasteiger partial charge in [-0.1, -0.05) is 19.3 Å². The highest BCUT2D eigenvalue weighted by molar-refractivity contribution is 14.0. The average molecular weight is 501 g/mol. The third kappa shape index (κ3) is 3.94. The Morgan fingerprint density at radius 3 is 2.48 bits per heavy atom. The van der Waals surface area contributed by atoms with E-state index in [1.54, 1.807) is 7.05 Å². The normalized spacial score (nSPS) is 38.1. The first-order valence-electron chi connectivity index (χ1n) is 10.1. The van der Waals surface area contributed by atoms with Crippen LogP contribution in [0.3, 0.4) is 0 Å². The van der Waals surface area contributed by atoms with Gasteiger partial charge < -0.3 is 15.4 Å². The van der Waals surface area contributed by atoms with Crippen molar-refractivity contribution < 1.29 is 17.9 Å². The molecule has 1 heterocycles. The van der Waals surface area contributed by atoms with Crippen LogP contribution in [0.1, 0.15) is 57.8 Å². The summed E-state index contributed by atoms with van der Waals surface area (Å²) in [4.78, 5) is 4.33. The molecule has 4 nitrogen and oxygen atoms in total. The topological polar surface area (TPSA) is 45.7 Å². The summed E-state index contributed by atoms with van der Waals surface area (Å²) in [6, 6.07) is 0.183. The lowest BCUT2D eigenvalue weighted by Gasteiger charge is -2.57. The van der Waals surface area contributed by atoms with Gasteiger partial charge in [0.15, 0.2) is 5.96 Å². The number of guanidine groups is 1. The fourth-order valence-corrected chi connectivity index (χ4v) is 6.03. The first-order valence-corrected chi connectivity index (χ1v) is 10.1. The number of nitrogens with one attached hydrogen (secondary N) is 2. The molecule has 8 heteroatoms. The number of rotatable bonds is 2. The minimum atomic E-state index is -4.09. The van der Waals surface area contributed by atoms with Gasteiger partial charge in [0.25, 0.3) is 0 Å². The summed E-state index contributed by atoms with van der Waals surface area (Å²) in [7, 11) is 1.71. The van der Waals surface area contributed by atoms with Crippen LogP contribution in [-0.4, -0.2) is 44.0 Å². The highest BCUT2D eigenvalue weighted by Gasteiger charge is 2.65. The highest BCUT2D eigenvalue weighted by atomic mass is 127. The molecule has 0 aromatic carbocycles. The third-order valence-electron chi connectivity index (χ3n) is 7.28. The Bertz CT molecular complexity index is 551. The minimum absolute atomic E-state index is 0. The number of halogens is 4. The number of alkyl halides is 3. The summed E-state index contributed by atoms with van der Waals surface area (Å²) in [5.41, 5.74) is 0.208. The van der Waals surface area contributed by atoms with Gasteiger partial charge in [-0.2, -0.15) is 13.2 Å². The summed E-state index contributed by atoms with van der Waals surface area (Å²) in [5.74, 6) is -0.00951. The van der Waals surface area contributed by atoms with Gasteiger partial charge in [0, 0.05) is 37.1 Å². The second-order valence-corrected chi connectivity index (χ2v) is 8.62. The fraction of sp³-hybridized carbons (Fsp3) is 0.947. The van der Waals surface area contributed by atoms with Gasteiger partial charge in [0.2, 0.25) is 0 Å². The molecule has 0 aromatic rings. The Hall–Kier alpha value is -0.250. The zero-order valence-corrected chi connectivity index (χ0v) is 18.2. The molecule has 4 fully saturated rings. The number of fused-ring (bicyclic) bond motifs is 2. The van der Waals surface area contributed by atoms with E-state index in [1.165, 1.54) is 25.7 Å². The minimum Gasteiger partial charge on any atom is -0.377 e. The Balaban J connectivity index is 0.00000210. The first kappa shape index (κ1) is 21.5. The van der Waals surface area contributed by atoms with Crippen LogP contribution in [0.2, 0.25) is 0 Å². The van der Waals surface area contributed by atoms with Gasteiger partial charge in [0.1, 0.15) is 0 Å². The third-order valence-corrected chi connectivity index (χ3v) is 7.28. The molecule has 3 aliphatic carbocycles. The summed E-state index contributed by atoms with van der Waals surface area (Å²) in [6.07, 6.45) is 3.99. The van der Waals surface area contributed by atoms with Crippen LogP contribution < -0.4 is 10.6 Å². The number of ether oxygens (including phenoxy) is 1. The van der Waals surface area contributed by atoms with Crippen molar-refractivity contribution in [3.63, 3.8) is 0 Å². The summed E-state index contributed by atoms with van der Waals surface area (Å²) in [5, 5.41) is 6.88.